The predicted octanol–water partition coefficient (Wildman–Crippen LogP) is 2.17. The molecule has 0 bridgehead atoms. The third kappa shape index (κ3) is 4.96. The highest BCUT2D eigenvalue weighted by Crippen LogP contribution is 2.51. The topological polar surface area (TPSA) is 117 Å². The molecule has 2 aliphatic rings. The van der Waals surface area contributed by atoms with Crippen LogP contribution < -0.4 is 16.0 Å². The first-order valence-corrected chi connectivity index (χ1v) is 10.4. The Morgan fingerprint density at radius 1 is 1.14 bits per heavy atom. The fourth-order valence-electron chi connectivity index (χ4n) is 4.27. The van der Waals surface area contributed by atoms with E-state index in [4.69, 9.17) is 4.74 Å². The van der Waals surface area contributed by atoms with Gasteiger partial charge in [0.1, 0.15) is 5.54 Å². The molecule has 2 rings (SSSR count). The lowest BCUT2D eigenvalue weighted by molar-refractivity contribution is -0.194. The molecule has 0 spiro atoms. The summed E-state index contributed by atoms with van der Waals surface area (Å²) in [4.78, 5) is 36.1. The molecule has 0 heterocycles. The van der Waals surface area contributed by atoms with E-state index in [0.29, 0.717) is 19.6 Å². The molecule has 28 heavy (non-hydrogen) atoms. The molecule has 2 atom stereocenters. The molecule has 8 heteroatoms. The van der Waals surface area contributed by atoms with Gasteiger partial charge in [-0.15, -0.1) is 0 Å². The minimum atomic E-state index is -1.31. The number of hydrogen-bond acceptors (Lipinski definition) is 4. The zero-order valence-electron chi connectivity index (χ0n) is 17.3. The Balaban J connectivity index is 1.72. The van der Waals surface area contributed by atoms with Crippen LogP contribution in [0.15, 0.2) is 0 Å². The first-order valence-electron chi connectivity index (χ1n) is 10.4. The zero-order chi connectivity index (χ0) is 20.8. The van der Waals surface area contributed by atoms with Gasteiger partial charge in [-0.3, -0.25) is 4.79 Å². The van der Waals surface area contributed by atoms with E-state index in [2.05, 4.69) is 16.0 Å². The van der Waals surface area contributed by atoms with E-state index in [1.54, 1.807) is 0 Å². The van der Waals surface area contributed by atoms with Crippen LogP contribution in [0.4, 0.5) is 4.79 Å². The average molecular weight is 398 g/mol. The zero-order valence-corrected chi connectivity index (χ0v) is 17.3. The van der Waals surface area contributed by atoms with E-state index in [1.807, 2.05) is 20.8 Å². The van der Waals surface area contributed by atoms with Gasteiger partial charge in [-0.1, -0.05) is 33.1 Å². The molecule has 0 aromatic carbocycles. The summed E-state index contributed by atoms with van der Waals surface area (Å²) in [6.07, 6.45) is 6.25. The molecule has 160 valence electrons. The van der Waals surface area contributed by atoms with Gasteiger partial charge in [-0.05, 0) is 26.2 Å². The molecular formula is C20H35N3O5. The molecule has 2 fully saturated rings. The Kier molecular flexibility index (Phi) is 7.69. The van der Waals surface area contributed by atoms with E-state index in [-0.39, 0.29) is 36.9 Å². The van der Waals surface area contributed by atoms with Gasteiger partial charge in [0.15, 0.2) is 0 Å². The van der Waals surface area contributed by atoms with Crippen molar-refractivity contribution in [1.82, 2.24) is 16.0 Å². The van der Waals surface area contributed by atoms with Crippen LogP contribution in [0.5, 0.6) is 0 Å². The molecule has 0 aromatic rings. The van der Waals surface area contributed by atoms with Crippen molar-refractivity contribution < 1.29 is 24.2 Å². The summed E-state index contributed by atoms with van der Waals surface area (Å²) in [5, 5.41) is 18.2. The molecule has 8 nitrogen and oxygen atoms in total. The third-order valence-electron chi connectivity index (χ3n) is 6.29. The van der Waals surface area contributed by atoms with Gasteiger partial charge in [0, 0.05) is 37.5 Å². The second-order valence-electron chi connectivity index (χ2n) is 8.47. The number of amides is 3. The van der Waals surface area contributed by atoms with Crippen LogP contribution in [0, 0.1) is 5.41 Å². The lowest BCUT2D eigenvalue weighted by Crippen LogP contribution is -2.76. The Morgan fingerprint density at radius 2 is 1.82 bits per heavy atom. The summed E-state index contributed by atoms with van der Waals surface area (Å²) in [7, 11) is 0. The van der Waals surface area contributed by atoms with Crippen molar-refractivity contribution in [2.45, 2.75) is 89.8 Å². The number of hydrogen-bond donors (Lipinski definition) is 4. The van der Waals surface area contributed by atoms with Crippen LogP contribution in [0.2, 0.25) is 0 Å². The number of urea groups is 1. The first-order chi connectivity index (χ1) is 13.2. The van der Waals surface area contributed by atoms with Gasteiger partial charge < -0.3 is 25.8 Å². The van der Waals surface area contributed by atoms with Crippen molar-refractivity contribution in [3.63, 3.8) is 0 Å². The van der Waals surface area contributed by atoms with Gasteiger partial charge in [0.25, 0.3) is 0 Å². The van der Waals surface area contributed by atoms with E-state index in [9.17, 15) is 19.5 Å². The minimum Gasteiger partial charge on any atom is -0.479 e. The first kappa shape index (κ1) is 22.5. The monoisotopic (exact) mass is 397 g/mol. The molecule has 2 saturated carbocycles. The quantitative estimate of drug-likeness (QED) is 0.445. The van der Waals surface area contributed by atoms with Crippen molar-refractivity contribution in [2.75, 3.05) is 13.2 Å². The average Bonchev–Trinajstić information content (AvgIpc) is 2.64. The number of carboxylic acids is 1. The van der Waals surface area contributed by atoms with Gasteiger partial charge in [0.05, 0.1) is 6.10 Å². The fourth-order valence-corrected chi connectivity index (χ4v) is 4.27. The Hall–Kier alpha value is -1.83. The number of carbonyl (C=O) groups is 3. The molecule has 0 radical (unpaired) electrons. The summed E-state index contributed by atoms with van der Waals surface area (Å²) < 4.78 is 5.60. The van der Waals surface area contributed by atoms with E-state index in [1.165, 1.54) is 6.42 Å². The van der Waals surface area contributed by atoms with Crippen molar-refractivity contribution in [3.05, 3.63) is 0 Å². The fraction of sp³-hybridized carbons (Fsp3) is 0.850. The maximum Gasteiger partial charge on any atom is 0.330 e. The maximum absolute atomic E-state index is 12.3. The number of carboxylic acid groups (broad SMARTS) is 1. The summed E-state index contributed by atoms with van der Waals surface area (Å²) in [6.45, 7) is 6.36. The number of nitrogens with one attached hydrogen (secondary N) is 3. The second kappa shape index (κ2) is 9.58. The van der Waals surface area contributed by atoms with Crippen LogP contribution in [0.25, 0.3) is 0 Å². The molecule has 2 aliphatic carbocycles. The molecule has 3 amide bonds. The Labute approximate surface area is 167 Å². The number of aliphatic carboxylic acids is 1. The minimum absolute atomic E-state index is 0.161. The lowest BCUT2D eigenvalue weighted by atomic mass is 9.54. The van der Waals surface area contributed by atoms with Crippen LogP contribution in [-0.4, -0.2) is 53.9 Å². The Bertz CT molecular complexity index is 574. The van der Waals surface area contributed by atoms with E-state index >= 15 is 0 Å². The lowest BCUT2D eigenvalue weighted by Gasteiger charge is -2.58. The summed E-state index contributed by atoms with van der Waals surface area (Å²) >= 11 is 0. The van der Waals surface area contributed by atoms with Crippen molar-refractivity contribution in [3.8, 4) is 0 Å². The summed E-state index contributed by atoms with van der Waals surface area (Å²) in [5.74, 6) is -1.35. The van der Waals surface area contributed by atoms with Gasteiger partial charge in [-0.25, -0.2) is 9.59 Å². The van der Waals surface area contributed by atoms with Crippen molar-refractivity contribution >= 4 is 17.9 Å². The highest BCUT2D eigenvalue weighted by atomic mass is 16.5. The normalized spacial score (nSPS) is 26.8. The van der Waals surface area contributed by atoms with Gasteiger partial charge >= 0.3 is 12.0 Å². The molecule has 2 unspecified atom stereocenters. The molecule has 4 N–H and O–H groups in total. The van der Waals surface area contributed by atoms with Crippen molar-refractivity contribution in [1.29, 1.82) is 0 Å². The number of ether oxygens (including phenoxy) is 1. The van der Waals surface area contributed by atoms with Crippen LogP contribution in [0.1, 0.15) is 72.1 Å². The standard InChI is InChI=1S/C20H35N3O5/c1-4-28-15-13-20(17(25)26,19(15,2)3)23-16(24)11-8-12-21-18(27)22-14-9-6-5-7-10-14/h14-15H,4-13H2,1-3H3,(H,23,24)(H,25,26)(H2,21,22,27). The van der Waals surface area contributed by atoms with E-state index in [0.717, 1.165) is 25.7 Å². The van der Waals surface area contributed by atoms with Gasteiger partial charge in [-0.2, -0.15) is 0 Å². The van der Waals surface area contributed by atoms with E-state index < -0.39 is 16.9 Å². The van der Waals surface area contributed by atoms with Crippen LogP contribution in [0.3, 0.4) is 0 Å². The smallest absolute Gasteiger partial charge is 0.330 e. The number of rotatable bonds is 9. The van der Waals surface area contributed by atoms with Crippen LogP contribution >= 0.6 is 0 Å². The van der Waals surface area contributed by atoms with Crippen LogP contribution in [-0.2, 0) is 14.3 Å². The third-order valence-corrected chi connectivity index (χ3v) is 6.29. The SMILES string of the molecule is CCOC1CC(NC(=O)CCCNC(=O)NC2CCCCC2)(C(=O)O)C1(C)C. The maximum atomic E-state index is 12.3. The summed E-state index contributed by atoms with van der Waals surface area (Å²) in [5.41, 5.74) is -2.00. The predicted molar refractivity (Wildman–Crippen MR) is 105 cm³/mol. The second-order valence-corrected chi connectivity index (χ2v) is 8.47. The number of carbonyl (C=O) groups excluding carboxylic acids is 2. The highest BCUT2D eigenvalue weighted by Gasteiger charge is 2.66. The molecule has 0 aliphatic heterocycles. The highest BCUT2D eigenvalue weighted by molar-refractivity contribution is 5.89. The largest absolute Gasteiger partial charge is 0.479 e. The molecular weight excluding hydrogens is 362 g/mol. The van der Waals surface area contributed by atoms with Crippen molar-refractivity contribution in [2.24, 2.45) is 5.41 Å². The van der Waals surface area contributed by atoms with Gasteiger partial charge in [0.2, 0.25) is 5.91 Å². The molecule has 0 saturated heterocycles. The molecule has 0 aromatic heterocycles. The summed E-state index contributed by atoms with van der Waals surface area (Å²) in [6, 6.07) is 0.0422. The Morgan fingerprint density at radius 3 is 2.39 bits per heavy atom.